The predicted molar refractivity (Wildman–Crippen MR) is 71.8 cm³/mol. The Bertz CT molecular complexity index is 349. The molecule has 94 valence electrons. The van der Waals surface area contributed by atoms with E-state index in [1.807, 2.05) is 7.05 Å². The smallest absolute Gasteiger partial charge is 0.128 e. The number of aryl methyl sites for hydroxylation is 1. The molecule has 0 amide bonds. The summed E-state index contributed by atoms with van der Waals surface area (Å²) in [5.41, 5.74) is 8.52. The summed E-state index contributed by atoms with van der Waals surface area (Å²) in [5, 5.41) is 3.45. The topological polar surface area (TPSA) is 50.9 Å². The van der Waals surface area contributed by atoms with Crippen LogP contribution in [0.5, 0.6) is 0 Å². The van der Waals surface area contributed by atoms with E-state index in [0.29, 0.717) is 17.8 Å². The highest BCUT2D eigenvalue weighted by Crippen LogP contribution is 2.36. The molecule has 3 heteroatoms. The molecule has 1 aromatic heterocycles. The summed E-state index contributed by atoms with van der Waals surface area (Å²) in [4.78, 5) is 4.24. The maximum absolute atomic E-state index is 6.05. The van der Waals surface area contributed by atoms with Crippen molar-refractivity contribution in [3.8, 4) is 0 Å². The second kappa shape index (κ2) is 5.50. The second-order valence-electron chi connectivity index (χ2n) is 5.09. The van der Waals surface area contributed by atoms with Crippen molar-refractivity contribution in [2.45, 2.75) is 45.1 Å². The third-order valence-electron chi connectivity index (χ3n) is 3.98. The number of anilines is 1. The number of nitrogens with one attached hydrogen (secondary N) is 1. The lowest BCUT2D eigenvalue weighted by Crippen LogP contribution is -2.28. The van der Waals surface area contributed by atoms with Crippen LogP contribution in [-0.2, 0) is 0 Å². The predicted octanol–water partition coefficient (Wildman–Crippen LogP) is 2.81. The quantitative estimate of drug-likeness (QED) is 0.844. The van der Waals surface area contributed by atoms with Gasteiger partial charge in [-0.3, -0.25) is 0 Å². The van der Waals surface area contributed by atoms with Gasteiger partial charge in [0.25, 0.3) is 0 Å². The number of hydrogen-bond donors (Lipinski definition) is 2. The molecular formula is C14H23N3. The number of hydrogen-bond acceptors (Lipinski definition) is 3. The minimum Gasteiger partial charge on any atom is -0.383 e. The third-order valence-corrected chi connectivity index (χ3v) is 3.98. The molecule has 17 heavy (non-hydrogen) atoms. The summed E-state index contributed by atoms with van der Waals surface area (Å²) in [6, 6.07) is 2.42. The zero-order valence-electron chi connectivity index (χ0n) is 10.9. The summed E-state index contributed by atoms with van der Waals surface area (Å²) in [6.07, 6.45) is 8.48. The number of aromatic nitrogens is 1. The van der Waals surface area contributed by atoms with E-state index in [1.165, 1.54) is 43.2 Å². The van der Waals surface area contributed by atoms with E-state index < -0.39 is 0 Å². The fourth-order valence-electron chi connectivity index (χ4n) is 3.08. The molecule has 1 fully saturated rings. The summed E-state index contributed by atoms with van der Waals surface area (Å²) >= 11 is 0. The first-order valence-corrected chi connectivity index (χ1v) is 6.62. The molecule has 0 radical (unpaired) electrons. The van der Waals surface area contributed by atoms with Crippen LogP contribution in [0.4, 0.5) is 5.82 Å². The fraction of sp³-hybridized carbons (Fsp3) is 0.643. The largest absolute Gasteiger partial charge is 0.383 e. The van der Waals surface area contributed by atoms with E-state index in [0.717, 1.165) is 0 Å². The molecule has 1 aliphatic rings. The van der Waals surface area contributed by atoms with Gasteiger partial charge in [0.2, 0.25) is 0 Å². The molecule has 0 spiro atoms. The Hall–Kier alpha value is -1.09. The van der Waals surface area contributed by atoms with Crippen LogP contribution in [0.15, 0.2) is 12.3 Å². The Kier molecular flexibility index (Phi) is 4.00. The van der Waals surface area contributed by atoms with Crippen molar-refractivity contribution in [3.05, 3.63) is 23.4 Å². The number of rotatable bonds is 3. The van der Waals surface area contributed by atoms with Crippen LogP contribution in [0.3, 0.4) is 0 Å². The van der Waals surface area contributed by atoms with Crippen molar-refractivity contribution >= 4 is 5.82 Å². The van der Waals surface area contributed by atoms with Crippen molar-refractivity contribution in [1.82, 2.24) is 10.3 Å². The molecule has 1 saturated carbocycles. The lowest BCUT2D eigenvalue weighted by atomic mass is 9.80. The van der Waals surface area contributed by atoms with Crippen LogP contribution >= 0.6 is 0 Å². The molecule has 0 aliphatic heterocycles. The number of pyridine rings is 1. The zero-order valence-corrected chi connectivity index (χ0v) is 10.9. The summed E-state index contributed by atoms with van der Waals surface area (Å²) in [5.74, 6) is 1.40. The zero-order chi connectivity index (χ0) is 12.3. The molecule has 1 aromatic rings. The molecule has 0 bridgehead atoms. The lowest BCUT2D eigenvalue weighted by Gasteiger charge is -2.31. The highest BCUT2D eigenvalue weighted by Gasteiger charge is 2.26. The first kappa shape index (κ1) is 12.4. The molecule has 1 unspecified atom stereocenters. The number of nitrogens with zero attached hydrogens (tertiary/aromatic N) is 1. The summed E-state index contributed by atoms with van der Waals surface area (Å²) in [6.45, 7) is 2.13. The molecule has 1 atom stereocenters. The lowest BCUT2D eigenvalue weighted by molar-refractivity contribution is 0.281. The number of nitrogen functional groups attached to an aromatic ring is 1. The summed E-state index contributed by atoms with van der Waals surface area (Å²) in [7, 11) is 2.03. The van der Waals surface area contributed by atoms with Crippen LogP contribution in [0, 0.1) is 12.8 Å². The average molecular weight is 233 g/mol. The third kappa shape index (κ3) is 2.60. The van der Waals surface area contributed by atoms with Gasteiger partial charge in [-0.2, -0.15) is 0 Å². The summed E-state index contributed by atoms with van der Waals surface area (Å²) < 4.78 is 0. The van der Waals surface area contributed by atoms with Gasteiger partial charge in [-0.25, -0.2) is 4.98 Å². The van der Waals surface area contributed by atoms with Crippen molar-refractivity contribution in [2.75, 3.05) is 12.8 Å². The van der Waals surface area contributed by atoms with Gasteiger partial charge in [0.15, 0.2) is 0 Å². The van der Waals surface area contributed by atoms with Crippen molar-refractivity contribution < 1.29 is 0 Å². The molecule has 0 saturated heterocycles. The molecule has 1 heterocycles. The van der Waals surface area contributed by atoms with Crippen molar-refractivity contribution in [3.63, 3.8) is 0 Å². The average Bonchev–Trinajstić information content (AvgIpc) is 2.35. The van der Waals surface area contributed by atoms with Crippen LogP contribution < -0.4 is 11.1 Å². The monoisotopic (exact) mass is 233 g/mol. The molecular weight excluding hydrogens is 210 g/mol. The van der Waals surface area contributed by atoms with Gasteiger partial charge in [0.05, 0.1) is 0 Å². The van der Waals surface area contributed by atoms with Gasteiger partial charge < -0.3 is 11.1 Å². The highest BCUT2D eigenvalue weighted by atomic mass is 14.9. The highest BCUT2D eigenvalue weighted by molar-refractivity contribution is 5.46. The fourth-order valence-corrected chi connectivity index (χ4v) is 3.08. The van der Waals surface area contributed by atoms with Gasteiger partial charge in [-0.1, -0.05) is 19.3 Å². The van der Waals surface area contributed by atoms with Crippen LogP contribution in [0.1, 0.15) is 49.3 Å². The maximum Gasteiger partial charge on any atom is 0.128 e. The Morgan fingerprint density at radius 2 is 2.06 bits per heavy atom. The van der Waals surface area contributed by atoms with Gasteiger partial charge in [-0.15, -0.1) is 0 Å². The minimum absolute atomic E-state index is 0.365. The maximum atomic E-state index is 6.05. The Labute approximate surface area is 104 Å². The van der Waals surface area contributed by atoms with Crippen LogP contribution in [0.25, 0.3) is 0 Å². The number of nitrogens with two attached hydrogens (primary N) is 1. The first-order chi connectivity index (χ1) is 8.24. The molecule has 3 nitrogen and oxygen atoms in total. The first-order valence-electron chi connectivity index (χ1n) is 6.62. The van der Waals surface area contributed by atoms with Gasteiger partial charge in [0, 0.05) is 17.8 Å². The Morgan fingerprint density at radius 3 is 2.65 bits per heavy atom. The van der Waals surface area contributed by atoms with Gasteiger partial charge in [-0.05, 0) is 44.4 Å². The van der Waals surface area contributed by atoms with E-state index in [2.05, 4.69) is 23.3 Å². The van der Waals surface area contributed by atoms with Crippen molar-refractivity contribution in [1.29, 1.82) is 0 Å². The normalized spacial score (nSPS) is 19.2. The standard InChI is InChI=1S/C14H23N3/c1-10-8-9-17-14(15)12(10)13(16-2)11-6-4-3-5-7-11/h8-9,11,13,16H,3-7H2,1-2H3,(H2,15,17). The molecule has 3 N–H and O–H groups in total. The van der Waals surface area contributed by atoms with Crippen LogP contribution in [-0.4, -0.2) is 12.0 Å². The molecule has 1 aliphatic carbocycles. The van der Waals surface area contributed by atoms with E-state index >= 15 is 0 Å². The Morgan fingerprint density at radius 1 is 1.35 bits per heavy atom. The van der Waals surface area contributed by atoms with Crippen LogP contribution in [0.2, 0.25) is 0 Å². The van der Waals surface area contributed by atoms with E-state index in [1.54, 1.807) is 6.20 Å². The molecule has 2 rings (SSSR count). The Balaban J connectivity index is 2.27. The second-order valence-corrected chi connectivity index (χ2v) is 5.09. The van der Waals surface area contributed by atoms with E-state index in [-0.39, 0.29) is 0 Å². The van der Waals surface area contributed by atoms with E-state index in [4.69, 9.17) is 5.73 Å². The van der Waals surface area contributed by atoms with Gasteiger partial charge >= 0.3 is 0 Å². The van der Waals surface area contributed by atoms with E-state index in [9.17, 15) is 0 Å². The molecule has 0 aromatic carbocycles. The minimum atomic E-state index is 0.365. The SMILES string of the molecule is CNC(c1c(C)ccnc1N)C1CCCCC1. The van der Waals surface area contributed by atoms with Crippen molar-refractivity contribution in [2.24, 2.45) is 5.92 Å². The van der Waals surface area contributed by atoms with Gasteiger partial charge in [0.1, 0.15) is 5.82 Å².